The first-order valence-electron chi connectivity index (χ1n) is 8.13. The fourth-order valence-electron chi connectivity index (χ4n) is 3.94. The molecule has 1 aliphatic heterocycles. The molecular weight excluding hydrogens is 260 g/mol. The lowest BCUT2D eigenvalue weighted by molar-refractivity contribution is -0.142. The Morgan fingerprint density at radius 1 is 1.29 bits per heavy atom. The topological polar surface area (TPSA) is 46.3 Å². The van der Waals surface area contributed by atoms with Crippen LogP contribution in [0.2, 0.25) is 0 Å². The van der Waals surface area contributed by atoms with Gasteiger partial charge in [-0.2, -0.15) is 0 Å². The molecule has 1 atom stereocenters. The SMILES string of the molecule is CC1(C)CCCCC1C(=O)N1CCc2ccc(N)cc2C1. The Morgan fingerprint density at radius 2 is 2.10 bits per heavy atom. The summed E-state index contributed by atoms with van der Waals surface area (Å²) < 4.78 is 0. The van der Waals surface area contributed by atoms with E-state index in [1.54, 1.807) is 0 Å². The van der Waals surface area contributed by atoms with E-state index in [0.717, 1.165) is 31.6 Å². The Hall–Kier alpha value is -1.51. The summed E-state index contributed by atoms with van der Waals surface area (Å²) in [6, 6.07) is 6.10. The van der Waals surface area contributed by atoms with Crippen LogP contribution in [-0.2, 0) is 17.8 Å². The van der Waals surface area contributed by atoms with Crippen molar-refractivity contribution in [1.82, 2.24) is 4.90 Å². The number of carbonyl (C=O) groups excluding carboxylic acids is 1. The molecule has 2 aliphatic rings. The van der Waals surface area contributed by atoms with Gasteiger partial charge in [-0.05, 0) is 47.9 Å². The molecule has 0 radical (unpaired) electrons. The van der Waals surface area contributed by atoms with E-state index in [-0.39, 0.29) is 11.3 Å². The van der Waals surface area contributed by atoms with Crippen LogP contribution in [0.15, 0.2) is 18.2 Å². The van der Waals surface area contributed by atoms with Crippen molar-refractivity contribution in [2.24, 2.45) is 11.3 Å². The number of nitrogens with zero attached hydrogens (tertiary/aromatic N) is 1. The van der Waals surface area contributed by atoms with E-state index in [4.69, 9.17) is 5.73 Å². The van der Waals surface area contributed by atoms with Crippen LogP contribution in [0.4, 0.5) is 5.69 Å². The number of anilines is 1. The predicted molar refractivity (Wildman–Crippen MR) is 85.7 cm³/mol. The first-order chi connectivity index (χ1) is 9.97. The first-order valence-corrected chi connectivity index (χ1v) is 8.13. The van der Waals surface area contributed by atoms with Crippen LogP contribution in [-0.4, -0.2) is 17.4 Å². The quantitative estimate of drug-likeness (QED) is 0.805. The molecule has 21 heavy (non-hydrogen) atoms. The van der Waals surface area contributed by atoms with Gasteiger partial charge in [-0.1, -0.05) is 32.8 Å². The van der Waals surface area contributed by atoms with Gasteiger partial charge in [-0.15, -0.1) is 0 Å². The fraction of sp³-hybridized carbons (Fsp3) is 0.611. The van der Waals surface area contributed by atoms with Crippen molar-refractivity contribution >= 4 is 11.6 Å². The molecule has 3 nitrogen and oxygen atoms in total. The summed E-state index contributed by atoms with van der Waals surface area (Å²) in [6.45, 7) is 6.09. The number of hydrogen-bond acceptors (Lipinski definition) is 2. The van der Waals surface area contributed by atoms with Crippen LogP contribution in [0.5, 0.6) is 0 Å². The van der Waals surface area contributed by atoms with Gasteiger partial charge >= 0.3 is 0 Å². The molecule has 0 aromatic heterocycles. The average molecular weight is 286 g/mol. The maximum absolute atomic E-state index is 13.0. The van der Waals surface area contributed by atoms with E-state index in [1.165, 1.54) is 30.4 Å². The molecular formula is C18H26N2O. The van der Waals surface area contributed by atoms with E-state index in [1.807, 2.05) is 12.1 Å². The van der Waals surface area contributed by atoms with E-state index < -0.39 is 0 Å². The molecule has 0 saturated heterocycles. The third-order valence-electron chi connectivity index (χ3n) is 5.36. The lowest BCUT2D eigenvalue weighted by atomic mass is 9.68. The average Bonchev–Trinajstić information content (AvgIpc) is 2.45. The molecule has 114 valence electrons. The zero-order chi connectivity index (χ0) is 15.0. The summed E-state index contributed by atoms with van der Waals surface area (Å²) in [5.41, 5.74) is 9.39. The number of hydrogen-bond donors (Lipinski definition) is 1. The molecule has 2 N–H and O–H groups in total. The minimum absolute atomic E-state index is 0.144. The zero-order valence-corrected chi connectivity index (χ0v) is 13.2. The smallest absolute Gasteiger partial charge is 0.226 e. The number of nitrogen functional groups attached to an aromatic ring is 1. The predicted octanol–water partition coefficient (Wildman–Crippen LogP) is 3.37. The monoisotopic (exact) mass is 286 g/mol. The van der Waals surface area contributed by atoms with Crippen molar-refractivity contribution < 1.29 is 4.79 Å². The number of benzene rings is 1. The number of rotatable bonds is 1. The van der Waals surface area contributed by atoms with E-state index in [0.29, 0.717) is 5.91 Å². The van der Waals surface area contributed by atoms with Gasteiger partial charge in [0, 0.05) is 24.7 Å². The summed E-state index contributed by atoms with van der Waals surface area (Å²) in [5, 5.41) is 0. The Morgan fingerprint density at radius 3 is 2.86 bits per heavy atom. The molecule has 3 heteroatoms. The molecule has 3 rings (SSSR count). The van der Waals surface area contributed by atoms with Crippen molar-refractivity contribution in [3.8, 4) is 0 Å². The number of nitrogens with two attached hydrogens (primary N) is 1. The zero-order valence-electron chi connectivity index (χ0n) is 13.2. The maximum atomic E-state index is 13.0. The summed E-state index contributed by atoms with van der Waals surface area (Å²) in [4.78, 5) is 15.0. The van der Waals surface area contributed by atoms with Crippen molar-refractivity contribution in [1.29, 1.82) is 0 Å². The second kappa shape index (κ2) is 5.36. The van der Waals surface area contributed by atoms with Crippen LogP contribution in [0.3, 0.4) is 0 Å². The van der Waals surface area contributed by atoms with E-state index in [9.17, 15) is 4.79 Å². The fourth-order valence-corrected chi connectivity index (χ4v) is 3.94. The summed E-state index contributed by atoms with van der Waals surface area (Å²) in [7, 11) is 0. The number of carbonyl (C=O) groups is 1. The second-order valence-electron chi connectivity index (χ2n) is 7.32. The molecule has 1 fully saturated rings. The molecule has 0 spiro atoms. The van der Waals surface area contributed by atoms with Gasteiger partial charge in [-0.25, -0.2) is 0 Å². The summed E-state index contributed by atoms with van der Waals surface area (Å²) in [5.74, 6) is 0.543. The van der Waals surface area contributed by atoms with E-state index in [2.05, 4.69) is 24.8 Å². The van der Waals surface area contributed by atoms with Crippen LogP contribution >= 0.6 is 0 Å². The maximum Gasteiger partial charge on any atom is 0.226 e. The van der Waals surface area contributed by atoms with Crippen molar-refractivity contribution in [3.05, 3.63) is 29.3 Å². The largest absolute Gasteiger partial charge is 0.399 e. The van der Waals surface area contributed by atoms with Crippen molar-refractivity contribution in [2.45, 2.75) is 52.5 Å². The van der Waals surface area contributed by atoms with Gasteiger partial charge in [0.25, 0.3) is 0 Å². The van der Waals surface area contributed by atoms with Crippen LogP contribution < -0.4 is 5.73 Å². The van der Waals surface area contributed by atoms with Gasteiger partial charge in [0.05, 0.1) is 0 Å². The molecule has 1 saturated carbocycles. The Bertz CT molecular complexity index is 550. The molecule has 1 aliphatic carbocycles. The highest BCUT2D eigenvalue weighted by Gasteiger charge is 2.39. The molecule has 1 heterocycles. The van der Waals surface area contributed by atoms with Crippen LogP contribution in [0, 0.1) is 11.3 Å². The van der Waals surface area contributed by atoms with E-state index >= 15 is 0 Å². The first kappa shape index (κ1) is 14.4. The van der Waals surface area contributed by atoms with Gasteiger partial charge in [0.2, 0.25) is 5.91 Å². The minimum atomic E-state index is 0.144. The number of fused-ring (bicyclic) bond motifs is 1. The van der Waals surface area contributed by atoms with Crippen LogP contribution in [0.1, 0.15) is 50.7 Å². The molecule has 1 aromatic rings. The van der Waals surface area contributed by atoms with Gasteiger partial charge in [0.15, 0.2) is 0 Å². The van der Waals surface area contributed by atoms with Gasteiger partial charge in [0.1, 0.15) is 0 Å². The van der Waals surface area contributed by atoms with Crippen molar-refractivity contribution in [3.63, 3.8) is 0 Å². The van der Waals surface area contributed by atoms with Crippen LogP contribution in [0.25, 0.3) is 0 Å². The lowest BCUT2D eigenvalue weighted by Crippen LogP contribution is -2.45. The molecule has 0 bridgehead atoms. The summed E-state index contributed by atoms with van der Waals surface area (Å²) in [6.07, 6.45) is 5.62. The molecule has 1 unspecified atom stereocenters. The third-order valence-corrected chi connectivity index (χ3v) is 5.36. The number of amides is 1. The minimum Gasteiger partial charge on any atom is -0.399 e. The third kappa shape index (κ3) is 2.78. The highest BCUT2D eigenvalue weighted by molar-refractivity contribution is 5.80. The summed E-state index contributed by atoms with van der Waals surface area (Å²) >= 11 is 0. The normalized spacial score (nSPS) is 24.5. The lowest BCUT2D eigenvalue weighted by Gasteiger charge is -2.41. The second-order valence-corrected chi connectivity index (χ2v) is 7.32. The molecule has 1 amide bonds. The molecule has 1 aromatic carbocycles. The van der Waals surface area contributed by atoms with Gasteiger partial charge in [-0.3, -0.25) is 4.79 Å². The Kier molecular flexibility index (Phi) is 3.68. The Balaban J connectivity index is 1.77. The highest BCUT2D eigenvalue weighted by Crippen LogP contribution is 2.42. The standard InChI is InChI=1S/C18H26N2O/c1-18(2)9-4-3-5-16(18)17(21)20-10-8-13-6-7-15(19)11-14(13)12-20/h6-7,11,16H,3-5,8-10,12,19H2,1-2H3. The highest BCUT2D eigenvalue weighted by atomic mass is 16.2. The van der Waals surface area contributed by atoms with Gasteiger partial charge < -0.3 is 10.6 Å². The Labute approximate surface area is 127 Å². The van der Waals surface area contributed by atoms with Crippen molar-refractivity contribution in [2.75, 3.05) is 12.3 Å².